The van der Waals surface area contributed by atoms with Crippen LogP contribution in [0.5, 0.6) is 0 Å². The average Bonchev–Trinajstić information content (AvgIpc) is 2.74. The van der Waals surface area contributed by atoms with E-state index in [4.69, 9.17) is 0 Å². The van der Waals surface area contributed by atoms with Crippen LogP contribution in [0.1, 0.15) is 24.6 Å². The first-order chi connectivity index (χ1) is 7.45. The Balaban J connectivity index is 2.02. The Morgan fingerprint density at radius 1 is 1.40 bits per heavy atom. The maximum Gasteiger partial charge on any atom is 0.179 e. The maximum atomic E-state index is 4.25. The number of nitrogens with one attached hydrogen (secondary N) is 1. The summed E-state index contributed by atoms with van der Waals surface area (Å²) >= 11 is 0. The van der Waals surface area contributed by atoms with Crippen molar-refractivity contribution in [2.24, 2.45) is 0 Å². The second-order valence-electron chi connectivity index (χ2n) is 3.91. The SMILES string of the molecule is c1cn2c(C3CCCNC3)nnc2cn1. The fourth-order valence-corrected chi connectivity index (χ4v) is 2.12. The number of rotatable bonds is 1. The van der Waals surface area contributed by atoms with Gasteiger partial charge >= 0.3 is 0 Å². The molecular formula is C10H13N5. The first kappa shape index (κ1) is 8.79. The molecule has 78 valence electrons. The quantitative estimate of drug-likeness (QED) is 0.737. The second kappa shape index (κ2) is 3.58. The number of hydrogen-bond donors (Lipinski definition) is 1. The van der Waals surface area contributed by atoms with E-state index < -0.39 is 0 Å². The third kappa shape index (κ3) is 1.48. The molecule has 3 heterocycles. The average molecular weight is 203 g/mol. The van der Waals surface area contributed by atoms with Gasteiger partial charge in [-0.1, -0.05) is 0 Å². The van der Waals surface area contributed by atoms with E-state index in [9.17, 15) is 0 Å². The highest BCUT2D eigenvalue weighted by Crippen LogP contribution is 2.21. The van der Waals surface area contributed by atoms with Crippen LogP contribution in [0.3, 0.4) is 0 Å². The van der Waals surface area contributed by atoms with Gasteiger partial charge in [0.2, 0.25) is 0 Å². The molecule has 15 heavy (non-hydrogen) atoms. The Kier molecular flexibility index (Phi) is 2.10. The Labute approximate surface area is 87.5 Å². The lowest BCUT2D eigenvalue weighted by molar-refractivity contribution is 0.444. The number of nitrogens with zero attached hydrogens (tertiary/aromatic N) is 4. The van der Waals surface area contributed by atoms with Crippen molar-refractivity contribution in [2.45, 2.75) is 18.8 Å². The minimum absolute atomic E-state index is 0.483. The molecule has 1 unspecified atom stereocenters. The van der Waals surface area contributed by atoms with Crippen molar-refractivity contribution in [3.8, 4) is 0 Å². The lowest BCUT2D eigenvalue weighted by Gasteiger charge is -2.20. The lowest BCUT2D eigenvalue weighted by atomic mass is 9.99. The van der Waals surface area contributed by atoms with Gasteiger partial charge in [-0.05, 0) is 19.4 Å². The highest BCUT2D eigenvalue weighted by Gasteiger charge is 2.20. The molecule has 1 fully saturated rings. The molecule has 0 saturated carbocycles. The van der Waals surface area contributed by atoms with E-state index in [0.717, 1.165) is 24.6 Å². The highest BCUT2D eigenvalue weighted by molar-refractivity contribution is 5.34. The van der Waals surface area contributed by atoms with E-state index in [2.05, 4.69) is 20.5 Å². The summed E-state index contributed by atoms with van der Waals surface area (Å²) < 4.78 is 2.03. The Morgan fingerprint density at radius 3 is 3.27 bits per heavy atom. The molecule has 0 aromatic carbocycles. The highest BCUT2D eigenvalue weighted by atomic mass is 15.3. The Morgan fingerprint density at radius 2 is 2.40 bits per heavy atom. The molecule has 0 bridgehead atoms. The van der Waals surface area contributed by atoms with Gasteiger partial charge in [-0.15, -0.1) is 10.2 Å². The van der Waals surface area contributed by atoms with Gasteiger partial charge < -0.3 is 5.32 Å². The summed E-state index contributed by atoms with van der Waals surface area (Å²) in [5.41, 5.74) is 0.832. The largest absolute Gasteiger partial charge is 0.316 e. The molecule has 0 aliphatic carbocycles. The summed E-state index contributed by atoms with van der Waals surface area (Å²) in [6.45, 7) is 2.12. The van der Waals surface area contributed by atoms with Crippen molar-refractivity contribution in [1.29, 1.82) is 0 Å². The summed E-state index contributed by atoms with van der Waals surface area (Å²) in [4.78, 5) is 4.03. The van der Waals surface area contributed by atoms with Crippen molar-refractivity contribution in [1.82, 2.24) is 24.9 Å². The van der Waals surface area contributed by atoms with Crippen molar-refractivity contribution in [2.75, 3.05) is 13.1 Å². The first-order valence-corrected chi connectivity index (χ1v) is 5.30. The molecule has 1 aliphatic heterocycles. The van der Waals surface area contributed by atoms with Crippen LogP contribution < -0.4 is 5.32 Å². The fourth-order valence-electron chi connectivity index (χ4n) is 2.12. The molecule has 0 spiro atoms. The van der Waals surface area contributed by atoms with Crippen LogP contribution in [0.2, 0.25) is 0 Å². The second-order valence-corrected chi connectivity index (χ2v) is 3.91. The van der Waals surface area contributed by atoms with Gasteiger partial charge in [-0.3, -0.25) is 9.38 Å². The first-order valence-electron chi connectivity index (χ1n) is 5.30. The van der Waals surface area contributed by atoms with Crippen LogP contribution in [-0.2, 0) is 0 Å². The zero-order valence-electron chi connectivity index (χ0n) is 8.43. The van der Waals surface area contributed by atoms with Crippen LogP contribution >= 0.6 is 0 Å². The fraction of sp³-hybridized carbons (Fsp3) is 0.500. The Hall–Kier alpha value is -1.49. The molecule has 2 aromatic rings. The molecule has 1 aliphatic rings. The van der Waals surface area contributed by atoms with Crippen molar-refractivity contribution >= 4 is 5.65 Å². The number of hydrogen-bond acceptors (Lipinski definition) is 4. The van der Waals surface area contributed by atoms with E-state index >= 15 is 0 Å². The minimum atomic E-state index is 0.483. The normalized spacial score (nSPS) is 22.0. The lowest BCUT2D eigenvalue weighted by Crippen LogP contribution is -2.29. The molecule has 1 atom stereocenters. The van der Waals surface area contributed by atoms with E-state index in [0.29, 0.717) is 5.92 Å². The summed E-state index contributed by atoms with van der Waals surface area (Å²) in [5.74, 6) is 1.54. The van der Waals surface area contributed by atoms with Crippen LogP contribution in [0, 0.1) is 0 Å². The number of piperidine rings is 1. The topological polar surface area (TPSA) is 55.1 Å². The molecular weight excluding hydrogens is 190 g/mol. The molecule has 1 N–H and O–H groups in total. The van der Waals surface area contributed by atoms with Gasteiger partial charge in [0.1, 0.15) is 5.82 Å². The van der Waals surface area contributed by atoms with Crippen LogP contribution in [0.4, 0.5) is 0 Å². The van der Waals surface area contributed by atoms with E-state index in [1.165, 1.54) is 12.8 Å². The van der Waals surface area contributed by atoms with Crippen molar-refractivity contribution in [3.63, 3.8) is 0 Å². The van der Waals surface area contributed by atoms with Gasteiger partial charge in [0.05, 0.1) is 6.20 Å². The van der Waals surface area contributed by atoms with Crippen molar-refractivity contribution in [3.05, 3.63) is 24.4 Å². The molecule has 5 heteroatoms. The molecule has 0 amide bonds. The van der Waals surface area contributed by atoms with Gasteiger partial charge in [0, 0.05) is 24.9 Å². The molecule has 1 saturated heterocycles. The predicted octanol–water partition coefficient (Wildman–Crippen LogP) is 0.591. The maximum absolute atomic E-state index is 4.25. The van der Waals surface area contributed by atoms with E-state index in [-0.39, 0.29) is 0 Å². The van der Waals surface area contributed by atoms with Crippen LogP contribution in [-0.4, -0.2) is 32.7 Å². The molecule has 3 rings (SSSR count). The Bertz CT molecular complexity index is 458. The molecule has 0 radical (unpaired) electrons. The summed E-state index contributed by atoms with van der Waals surface area (Å²) in [5, 5.41) is 11.8. The number of aromatic nitrogens is 4. The zero-order chi connectivity index (χ0) is 10.1. The third-order valence-electron chi connectivity index (χ3n) is 2.90. The smallest absolute Gasteiger partial charge is 0.179 e. The van der Waals surface area contributed by atoms with Gasteiger partial charge in [-0.2, -0.15) is 0 Å². The molecule has 2 aromatic heterocycles. The monoisotopic (exact) mass is 203 g/mol. The predicted molar refractivity (Wildman–Crippen MR) is 55.6 cm³/mol. The number of fused-ring (bicyclic) bond motifs is 1. The van der Waals surface area contributed by atoms with Crippen LogP contribution in [0.25, 0.3) is 5.65 Å². The van der Waals surface area contributed by atoms with Crippen molar-refractivity contribution < 1.29 is 0 Å². The molecule has 5 nitrogen and oxygen atoms in total. The summed E-state index contributed by atoms with van der Waals surface area (Å²) in [7, 11) is 0. The zero-order valence-corrected chi connectivity index (χ0v) is 8.43. The summed E-state index contributed by atoms with van der Waals surface area (Å²) in [6, 6.07) is 0. The van der Waals surface area contributed by atoms with Gasteiger partial charge in [0.15, 0.2) is 5.65 Å². The van der Waals surface area contributed by atoms with E-state index in [1.807, 2.05) is 10.6 Å². The third-order valence-corrected chi connectivity index (χ3v) is 2.90. The minimum Gasteiger partial charge on any atom is -0.316 e. The van der Waals surface area contributed by atoms with Gasteiger partial charge in [0.25, 0.3) is 0 Å². The summed E-state index contributed by atoms with van der Waals surface area (Å²) in [6.07, 6.45) is 7.85. The van der Waals surface area contributed by atoms with E-state index in [1.54, 1.807) is 12.4 Å². The standard InChI is InChI=1S/C10H13N5/c1-2-8(6-11-3-1)10-14-13-9-7-12-4-5-15(9)10/h4-5,7-8,11H,1-3,6H2. The van der Waals surface area contributed by atoms with Gasteiger partial charge in [-0.25, -0.2) is 0 Å². The van der Waals surface area contributed by atoms with Crippen LogP contribution in [0.15, 0.2) is 18.6 Å².